The molecule has 2 heterocycles. The topological polar surface area (TPSA) is 151 Å². The summed E-state index contributed by atoms with van der Waals surface area (Å²) in [7, 11) is -4.78. The number of nitrogens with one attached hydrogen (secondary N) is 1. The number of aromatic amines is 1. The van der Waals surface area contributed by atoms with Crippen LogP contribution in [0.4, 0.5) is 4.39 Å². The highest BCUT2D eigenvalue weighted by molar-refractivity contribution is 7.46. The number of ether oxygens (including phenoxy) is 1. The lowest BCUT2D eigenvalue weighted by Gasteiger charge is -2.22. The Balaban J connectivity index is 2.21. The Hall–Kier alpha value is -1.36. The van der Waals surface area contributed by atoms with Crippen LogP contribution in [0.2, 0.25) is 0 Å². The monoisotopic (exact) mass is 340 g/mol. The van der Waals surface area contributed by atoms with Crippen LogP contribution in [0.5, 0.6) is 0 Å². The lowest BCUT2D eigenvalue weighted by atomic mass is 10.1. The zero-order chi connectivity index (χ0) is 16.7. The number of hydrogen-bond donors (Lipinski definition) is 4. The Kier molecular flexibility index (Phi) is 4.66. The van der Waals surface area contributed by atoms with Gasteiger partial charge in [0.1, 0.15) is 12.3 Å². The van der Waals surface area contributed by atoms with Crippen molar-refractivity contribution in [2.75, 3.05) is 0 Å². The van der Waals surface area contributed by atoms with Crippen LogP contribution >= 0.6 is 7.82 Å². The third-order valence-electron chi connectivity index (χ3n) is 3.14. The molecule has 0 aliphatic carbocycles. The van der Waals surface area contributed by atoms with Crippen LogP contribution in [0.15, 0.2) is 15.8 Å². The molecule has 124 valence electrons. The van der Waals surface area contributed by atoms with Gasteiger partial charge in [-0.3, -0.25) is 18.9 Å². The maximum Gasteiger partial charge on any atom is 0.469 e. The predicted octanol–water partition coefficient (Wildman–Crippen LogP) is -1.18. The number of phosphoric ester groups is 1. The van der Waals surface area contributed by atoms with Crippen molar-refractivity contribution in [3.63, 3.8) is 0 Å². The normalized spacial score (nSPS) is 27.0. The number of halogens is 1. The van der Waals surface area contributed by atoms with Crippen molar-refractivity contribution in [3.05, 3.63) is 32.9 Å². The van der Waals surface area contributed by atoms with E-state index in [2.05, 4.69) is 4.52 Å². The number of H-pyrrole nitrogens is 1. The molecule has 0 amide bonds. The number of rotatable bonds is 4. The zero-order valence-electron chi connectivity index (χ0n) is 11.2. The summed E-state index contributed by atoms with van der Waals surface area (Å²) in [4.78, 5) is 41.8. The Bertz CT molecular complexity index is 712. The van der Waals surface area contributed by atoms with Crippen molar-refractivity contribution in [1.82, 2.24) is 9.55 Å². The molecule has 12 heteroatoms. The minimum Gasteiger partial charge on any atom is -0.390 e. The average Bonchev–Trinajstić information content (AvgIpc) is 2.73. The molecule has 1 aliphatic heterocycles. The fourth-order valence-corrected chi connectivity index (χ4v) is 2.78. The standard InChI is InChI=1S/C10H14FN2O8P/c1-4(21-22(17,18)19)8-6(14)2-7(20-8)13-3-5(11)9(15)12-10(13)16/h3-4,6-8,14H,2H2,1H3,(H,12,15,16)(H2,17,18,19)/t4?,6?,7?,8-/m1/s1. The Labute approximate surface area is 122 Å². The van der Waals surface area contributed by atoms with Gasteiger partial charge in [0.25, 0.3) is 5.56 Å². The summed E-state index contributed by atoms with van der Waals surface area (Å²) in [5.74, 6) is -1.21. The molecule has 1 fully saturated rings. The van der Waals surface area contributed by atoms with E-state index in [4.69, 9.17) is 14.5 Å². The molecule has 0 spiro atoms. The average molecular weight is 340 g/mol. The molecule has 0 radical (unpaired) electrons. The maximum absolute atomic E-state index is 13.2. The molecule has 1 aromatic heterocycles. The minimum absolute atomic E-state index is 0.148. The summed E-state index contributed by atoms with van der Waals surface area (Å²) in [6.45, 7) is 1.27. The number of aliphatic hydroxyl groups excluding tert-OH is 1. The first-order valence-corrected chi connectivity index (χ1v) is 7.70. The third-order valence-corrected chi connectivity index (χ3v) is 3.74. The molecular weight excluding hydrogens is 326 g/mol. The lowest BCUT2D eigenvalue weighted by Crippen LogP contribution is -2.35. The van der Waals surface area contributed by atoms with Gasteiger partial charge < -0.3 is 19.6 Å². The summed E-state index contributed by atoms with van der Waals surface area (Å²) < 4.78 is 34.5. The number of phosphoric acid groups is 1. The first kappa shape index (κ1) is 17.0. The molecule has 2 rings (SSSR count). The highest BCUT2D eigenvalue weighted by Gasteiger charge is 2.41. The van der Waals surface area contributed by atoms with E-state index in [9.17, 15) is 23.7 Å². The van der Waals surface area contributed by atoms with Crippen molar-refractivity contribution < 1.29 is 33.1 Å². The van der Waals surface area contributed by atoms with E-state index in [-0.39, 0.29) is 6.42 Å². The first-order chi connectivity index (χ1) is 10.1. The van der Waals surface area contributed by atoms with Crippen LogP contribution < -0.4 is 11.2 Å². The molecule has 4 N–H and O–H groups in total. The Morgan fingerprint density at radius 2 is 2.18 bits per heavy atom. The summed E-state index contributed by atoms with van der Waals surface area (Å²) in [6.07, 6.45) is -4.14. The summed E-state index contributed by atoms with van der Waals surface area (Å²) >= 11 is 0. The van der Waals surface area contributed by atoms with Crippen molar-refractivity contribution in [2.45, 2.75) is 37.9 Å². The fourth-order valence-electron chi connectivity index (χ4n) is 2.22. The second-order valence-electron chi connectivity index (χ2n) is 4.80. The van der Waals surface area contributed by atoms with Crippen molar-refractivity contribution >= 4 is 7.82 Å². The molecule has 1 aromatic rings. The largest absolute Gasteiger partial charge is 0.469 e. The van der Waals surface area contributed by atoms with Gasteiger partial charge in [0.15, 0.2) is 0 Å². The van der Waals surface area contributed by atoms with Gasteiger partial charge in [0.05, 0.1) is 18.4 Å². The van der Waals surface area contributed by atoms with E-state index in [1.54, 1.807) is 4.98 Å². The van der Waals surface area contributed by atoms with Gasteiger partial charge in [-0.1, -0.05) is 0 Å². The number of hydrogen-bond acceptors (Lipinski definition) is 6. The van der Waals surface area contributed by atoms with Gasteiger partial charge in [-0.05, 0) is 6.92 Å². The molecule has 22 heavy (non-hydrogen) atoms. The van der Waals surface area contributed by atoms with Gasteiger partial charge in [-0.15, -0.1) is 0 Å². The van der Waals surface area contributed by atoms with E-state index in [0.29, 0.717) is 6.20 Å². The summed E-state index contributed by atoms with van der Waals surface area (Å²) in [5, 5.41) is 9.86. The summed E-state index contributed by atoms with van der Waals surface area (Å²) in [6, 6.07) is 0. The quantitative estimate of drug-likeness (QED) is 0.500. The summed E-state index contributed by atoms with van der Waals surface area (Å²) in [5.41, 5.74) is -2.12. The molecule has 4 atom stereocenters. The van der Waals surface area contributed by atoms with E-state index < -0.39 is 49.4 Å². The van der Waals surface area contributed by atoms with Crippen molar-refractivity contribution in [2.24, 2.45) is 0 Å². The highest BCUT2D eigenvalue weighted by Crippen LogP contribution is 2.41. The highest BCUT2D eigenvalue weighted by atomic mass is 31.2. The van der Waals surface area contributed by atoms with Gasteiger partial charge >= 0.3 is 13.5 Å². The SMILES string of the molecule is CC(OP(=O)(O)O)[C@H]1OC(n2cc(F)c(=O)[nH]c2=O)CC1O. The second-order valence-corrected chi connectivity index (χ2v) is 6.00. The Morgan fingerprint density at radius 3 is 2.77 bits per heavy atom. The lowest BCUT2D eigenvalue weighted by molar-refractivity contribution is -0.0750. The van der Waals surface area contributed by atoms with E-state index in [1.165, 1.54) is 6.92 Å². The molecule has 3 unspecified atom stereocenters. The van der Waals surface area contributed by atoms with Gasteiger partial charge in [0.2, 0.25) is 5.82 Å². The van der Waals surface area contributed by atoms with Crippen LogP contribution in [0.3, 0.4) is 0 Å². The van der Waals surface area contributed by atoms with Gasteiger partial charge in [0, 0.05) is 6.42 Å². The first-order valence-electron chi connectivity index (χ1n) is 6.17. The second kappa shape index (κ2) is 6.03. The van der Waals surface area contributed by atoms with Crippen LogP contribution in [-0.2, 0) is 13.8 Å². The van der Waals surface area contributed by atoms with Crippen LogP contribution in [0.1, 0.15) is 19.6 Å². The van der Waals surface area contributed by atoms with E-state index >= 15 is 0 Å². The molecule has 0 saturated carbocycles. The third kappa shape index (κ3) is 3.69. The van der Waals surface area contributed by atoms with E-state index in [1.807, 2.05) is 0 Å². The van der Waals surface area contributed by atoms with Crippen LogP contribution in [-0.4, -0.2) is 42.8 Å². The van der Waals surface area contributed by atoms with Crippen LogP contribution in [0, 0.1) is 5.82 Å². The van der Waals surface area contributed by atoms with Gasteiger partial charge in [-0.25, -0.2) is 9.36 Å². The number of aromatic nitrogens is 2. The molecular formula is C10H14FN2O8P. The molecule has 0 aromatic carbocycles. The zero-order valence-corrected chi connectivity index (χ0v) is 12.1. The van der Waals surface area contributed by atoms with Gasteiger partial charge in [-0.2, -0.15) is 4.39 Å². The van der Waals surface area contributed by atoms with E-state index in [0.717, 1.165) is 4.57 Å². The number of nitrogens with zero attached hydrogens (tertiary/aromatic N) is 1. The molecule has 1 saturated heterocycles. The molecule has 1 aliphatic rings. The van der Waals surface area contributed by atoms with Crippen LogP contribution in [0.25, 0.3) is 0 Å². The maximum atomic E-state index is 13.2. The predicted molar refractivity (Wildman–Crippen MR) is 68.4 cm³/mol. The molecule has 0 bridgehead atoms. The minimum atomic E-state index is -4.78. The Morgan fingerprint density at radius 1 is 1.55 bits per heavy atom. The fraction of sp³-hybridized carbons (Fsp3) is 0.600. The molecule has 10 nitrogen and oxygen atoms in total. The smallest absolute Gasteiger partial charge is 0.390 e. The van der Waals surface area contributed by atoms with Crippen molar-refractivity contribution in [1.29, 1.82) is 0 Å². The van der Waals surface area contributed by atoms with Crippen molar-refractivity contribution in [3.8, 4) is 0 Å². The number of aliphatic hydroxyl groups is 1.